The number of methoxy groups -OCH3 is 1. The summed E-state index contributed by atoms with van der Waals surface area (Å²) in [7, 11) is 1.64. The molecule has 1 fully saturated rings. The Morgan fingerprint density at radius 2 is 2.13 bits per heavy atom. The van der Waals surface area contributed by atoms with E-state index in [-0.39, 0.29) is 24.5 Å². The van der Waals surface area contributed by atoms with Crippen molar-refractivity contribution in [3.05, 3.63) is 34.3 Å². The molecule has 0 spiro atoms. The molecule has 1 aliphatic rings. The smallest absolute Gasteiger partial charge is 0.305 e. The number of amides is 1. The first-order valence-corrected chi connectivity index (χ1v) is 8.52. The van der Waals surface area contributed by atoms with E-state index in [1.807, 2.05) is 24.3 Å². The average molecular weight is 384 g/mol. The Labute approximate surface area is 144 Å². The van der Waals surface area contributed by atoms with Gasteiger partial charge in [-0.15, -0.1) is 0 Å². The van der Waals surface area contributed by atoms with Crippen LogP contribution in [0.25, 0.3) is 0 Å². The summed E-state index contributed by atoms with van der Waals surface area (Å²) in [4.78, 5) is 25.1. The molecule has 0 heterocycles. The van der Waals surface area contributed by atoms with Gasteiger partial charge in [-0.2, -0.15) is 0 Å². The molecule has 0 saturated heterocycles. The predicted octanol–water partition coefficient (Wildman–Crippen LogP) is 3.21. The van der Waals surface area contributed by atoms with E-state index < -0.39 is 5.97 Å². The molecule has 0 aliphatic heterocycles. The minimum Gasteiger partial charge on any atom is -0.481 e. The van der Waals surface area contributed by atoms with E-state index in [0.29, 0.717) is 13.0 Å². The van der Waals surface area contributed by atoms with E-state index >= 15 is 0 Å². The number of carbonyl (C=O) groups is 2. The highest BCUT2D eigenvalue weighted by Crippen LogP contribution is 2.38. The van der Waals surface area contributed by atoms with Crippen LogP contribution in [-0.2, 0) is 20.9 Å². The van der Waals surface area contributed by atoms with Gasteiger partial charge in [0.25, 0.3) is 0 Å². The lowest BCUT2D eigenvalue weighted by Gasteiger charge is -2.41. The predicted molar refractivity (Wildman–Crippen MR) is 90.0 cm³/mol. The Morgan fingerprint density at radius 1 is 1.39 bits per heavy atom. The van der Waals surface area contributed by atoms with Gasteiger partial charge in [-0.05, 0) is 37.0 Å². The van der Waals surface area contributed by atoms with Gasteiger partial charge in [0.1, 0.15) is 0 Å². The molecule has 0 aromatic heterocycles. The minimum atomic E-state index is -0.901. The zero-order chi connectivity index (χ0) is 16.9. The lowest BCUT2D eigenvalue weighted by Crippen LogP contribution is -2.45. The van der Waals surface area contributed by atoms with E-state index in [0.717, 1.165) is 29.3 Å². The molecule has 5 nitrogen and oxygen atoms in total. The summed E-state index contributed by atoms with van der Waals surface area (Å²) in [5.74, 6) is -0.949. The van der Waals surface area contributed by atoms with Gasteiger partial charge in [0, 0.05) is 24.7 Å². The molecule has 1 aliphatic carbocycles. The number of hydrogen-bond acceptors (Lipinski definition) is 3. The number of carboxylic acids is 1. The summed E-state index contributed by atoms with van der Waals surface area (Å²) < 4.78 is 6.46. The third kappa shape index (κ3) is 5.04. The van der Waals surface area contributed by atoms with Crippen molar-refractivity contribution >= 4 is 27.8 Å². The first-order valence-electron chi connectivity index (χ1n) is 7.73. The summed E-state index contributed by atoms with van der Waals surface area (Å²) in [6, 6.07) is 7.70. The zero-order valence-electron chi connectivity index (χ0n) is 13.3. The number of carbonyl (C=O) groups excluding carboxylic acids is 1. The van der Waals surface area contributed by atoms with Gasteiger partial charge in [-0.25, -0.2) is 0 Å². The van der Waals surface area contributed by atoms with E-state index in [9.17, 15) is 9.59 Å². The van der Waals surface area contributed by atoms with Gasteiger partial charge in [0.15, 0.2) is 0 Å². The Hall–Kier alpha value is -1.40. The maximum atomic E-state index is 12.7. The molecule has 1 N–H and O–H groups in total. The van der Waals surface area contributed by atoms with E-state index in [2.05, 4.69) is 15.9 Å². The molecule has 2 rings (SSSR count). The van der Waals surface area contributed by atoms with Gasteiger partial charge >= 0.3 is 5.97 Å². The molecule has 1 aromatic carbocycles. The number of aliphatic carboxylic acids is 1. The highest BCUT2D eigenvalue weighted by molar-refractivity contribution is 9.10. The summed E-state index contributed by atoms with van der Waals surface area (Å²) in [6.07, 6.45) is 3.11. The maximum Gasteiger partial charge on any atom is 0.305 e. The summed E-state index contributed by atoms with van der Waals surface area (Å²) in [5, 5.41) is 8.92. The van der Waals surface area contributed by atoms with Gasteiger partial charge < -0.3 is 14.7 Å². The highest BCUT2D eigenvalue weighted by Gasteiger charge is 2.40. The third-order valence-electron chi connectivity index (χ3n) is 4.38. The van der Waals surface area contributed by atoms with Crippen molar-refractivity contribution in [1.82, 2.24) is 4.90 Å². The Morgan fingerprint density at radius 3 is 2.65 bits per heavy atom. The Kier molecular flexibility index (Phi) is 6.18. The number of halogens is 1. The van der Waals surface area contributed by atoms with Crippen molar-refractivity contribution in [2.24, 2.45) is 0 Å². The molecule has 0 unspecified atom stereocenters. The van der Waals surface area contributed by atoms with Crippen molar-refractivity contribution in [2.45, 2.75) is 44.2 Å². The molecule has 23 heavy (non-hydrogen) atoms. The van der Waals surface area contributed by atoms with E-state index in [1.54, 1.807) is 12.0 Å². The lowest BCUT2D eigenvalue weighted by molar-refractivity contribution is -0.145. The van der Waals surface area contributed by atoms with Crippen molar-refractivity contribution in [2.75, 3.05) is 13.7 Å². The first kappa shape index (κ1) is 17.9. The largest absolute Gasteiger partial charge is 0.481 e. The quantitative estimate of drug-likeness (QED) is 0.748. The Balaban J connectivity index is 2.06. The molecular weight excluding hydrogens is 362 g/mol. The molecule has 1 saturated carbocycles. The monoisotopic (exact) mass is 383 g/mol. The van der Waals surface area contributed by atoms with Crippen LogP contribution >= 0.6 is 15.9 Å². The van der Waals surface area contributed by atoms with Crippen LogP contribution in [-0.4, -0.2) is 41.1 Å². The molecule has 6 heteroatoms. The summed E-state index contributed by atoms with van der Waals surface area (Å²) >= 11 is 3.41. The van der Waals surface area contributed by atoms with Gasteiger partial charge in [-0.3, -0.25) is 9.59 Å². The summed E-state index contributed by atoms with van der Waals surface area (Å²) in [6.45, 7) is 0.617. The van der Waals surface area contributed by atoms with Crippen LogP contribution in [0.3, 0.4) is 0 Å². The van der Waals surface area contributed by atoms with E-state index in [1.165, 1.54) is 0 Å². The second-order valence-electron chi connectivity index (χ2n) is 6.01. The highest BCUT2D eigenvalue weighted by atomic mass is 79.9. The second-order valence-corrected chi connectivity index (χ2v) is 6.92. The van der Waals surface area contributed by atoms with E-state index in [4.69, 9.17) is 9.84 Å². The number of hydrogen-bond donors (Lipinski definition) is 1. The molecule has 0 bridgehead atoms. The van der Waals surface area contributed by atoms with Crippen molar-refractivity contribution < 1.29 is 19.4 Å². The van der Waals surface area contributed by atoms with Crippen LogP contribution in [0.15, 0.2) is 28.7 Å². The van der Waals surface area contributed by atoms with Crippen LogP contribution in [0.4, 0.5) is 0 Å². The SMILES string of the molecule is COC1(CC(=O)N(CCC(=O)O)Cc2cccc(Br)c2)CCC1. The normalized spacial score (nSPS) is 15.7. The van der Waals surface area contributed by atoms with Gasteiger partial charge in [0.2, 0.25) is 5.91 Å². The average Bonchev–Trinajstić information content (AvgIpc) is 2.47. The van der Waals surface area contributed by atoms with Crippen LogP contribution in [0.2, 0.25) is 0 Å². The van der Waals surface area contributed by atoms with Gasteiger partial charge in [-0.1, -0.05) is 28.1 Å². The maximum absolute atomic E-state index is 12.7. The fourth-order valence-corrected chi connectivity index (χ4v) is 3.24. The number of benzene rings is 1. The fraction of sp³-hybridized carbons (Fsp3) is 0.529. The molecule has 0 radical (unpaired) electrons. The Bertz CT molecular complexity index is 566. The minimum absolute atomic E-state index is 0.0484. The molecular formula is C17H22BrNO4. The van der Waals surface area contributed by atoms with Crippen LogP contribution in [0, 0.1) is 0 Å². The van der Waals surface area contributed by atoms with Crippen LogP contribution < -0.4 is 0 Å². The topological polar surface area (TPSA) is 66.8 Å². The fourth-order valence-electron chi connectivity index (χ4n) is 2.79. The first-order chi connectivity index (χ1) is 10.9. The number of nitrogens with zero attached hydrogens (tertiary/aromatic N) is 1. The van der Waals surface area contributed by atoms with Crippen molar-refractivity contribution in [3.8, 4) is 0 Å². The summed E-state index contributed by atoms with van der Waals surface area (Å²) in [5.41, 5.74) is 0.619. The number of ether oxygens (including phenoxy) is 1. The van der Waals surface area contributed by atoms with Crippen LogP contribution in [0.1, 0.15) is 37.7 Å². The van der Waals surface area contributed by atoms with Crippen LogP contribution in [0.5, 0.6) is 0 Å². The molecule has 0 atom stereocenters. The molecule has 1 amide bonds. The van der Waals surface area contributed by atoms with Gasteiger partial charge in [0.05, 0.1) is 18.4 Å². The lowest BCUT2D eigenvalue weighted by atomic mass is 9.77. The van der Waals surface area contributed by atoms with Crippen molar-refractivity contribution in [3.63, 3.8) is 0 Å². The third-order valence-corrected chi connectivity index (χ3v) is 4.88. The number of rotatable bonds is 8. The molecule has 1 aromatic rings. The number of carboxylic acid groups (broad SMARTS) is 1. The standard InChI is InChI=1S/C17H22BrNO4/c1-23-17(7-3-8-17)11-15(20)19(9-6-16(21)22)12-13-4-2-5-14(18)10-13/h2,4-5,10H,3,6-9,11-12H2,1H3,(H,21,22). The van der Waals surface area contributed by atoms with Crippen molar-refractivity contribution in [1.29, 1.82) is 0 Å². The molecule has 126 valence electrons. The second kappa shape index (κ2) is 7.93. The zero-order valence-corrected chi connectivity index (χ0v) is 14.8.